The largest absolute Gasteiger partial charge is 0.404 e. The zero-order valence-electron chi connectivity index (χ0n) is 19.0. The maximum atomic E-state index is 14.2. The Morgan fingerprint density at radius 1 is 1.32 bits per heavy atom. The third-order valence-corrected chi connectivity index (χ3v) is 6.07. The summed E-state index contributed by atoms with van der Waals surface area (Å²) in [6.07, 6.45) is 9.52. The number of aldehydes is 1. The summed E-state index contributed by atoms with van der Waals surface area (Å²) in [6, 6.07) is 6.20. The Morgan fingerprint density at radius 2 is 2.12 bits per heavy atom. The van der Waals surface area contributed by atoms with E-state index >= 15 is 0 Å². The maximum absolute atomic E-state index is 14.2. The fourth-order valence-corrected chi connectivity index (χ4v) is 4.56. The van der Waals surface area contributed by atoms with Crippen LogP contribution in [0.1, 0.15) is 59.0 Å². The molecule has 34 heavy (non-hydrogen) atoms. The number of hydrogen-bond acceptors (Lipinski definition) is 6. The molecular weight excluding hydrogens is 435 g/mol. The van der Waals surface area contributed by atoms with Gasteiger partial charge in [-0.2, -0.15) is 0 Å². The number of imidazole rings is 1. The second-order valence-corrected chi connectivity index (χ2v) is 8.30. The second-order valence-electron chi connectivity index (χ2n) is 8.30. The van der Waals surface area contributed by atoms with E-state index < -0.39 is 11.7 Å². The number of amides is 1. The Bertz CT molecular complexity index is 1270. The van der Waals surface area contributed by atoms with Crippen molar-refractivity contribution in [3.63, 3.8) is 0 Å². The predicted octanol–water partition coefficient (Wildman–Crippen LogP) is 3.36. The van der Waals surface area contributed by atoms with Crippen LogP contribution in [0.2, 0.25) is 0 Å². The molecule has 9 heteroatoms. The number of hydrogen-bond donors (Lipinski definition) is 2. The Labute approximate surface area is 196 Å². The fourth-order valence-electron chi connectivity index (χ4n) is 4.56. The molecular formula is C25H27FN6O2. The Balaban J connectivity index is 1.63. The molecule has 0 radical (unpaired) electrons. The van der Waals surface area contributed by atoms with Crippen molar-refractivity contribution in [2.45, 2.75) is 44.7 Å². The van der Waals surface area contributed by atoms with E-state index in [1.54, 1.807) is 19.2 Å². The highest BCUT2D eigenvalue weighted by Gasteiger charge is 2.26. The van der Waals surface area contributed by atoms with Crippen LogP contribution in [0, 0.1) is 5.82 Å². The van der Waals surface area contributed by atoms with Gasteiger partial charge in [-0.1, -0.05) is 12.8 Å². The minimum absolute atomic E-state index is 0.0834. The first-order chi connectivity index (χ1) is 16.5. The molecule has 1 aliphatic carbocycles. The maximum Gasteiger partial charge on any atom is 0.272 e. The lowest BCUT2D eigenvalue weighted by Gasteiger charge is -2.12. The molecule has 0 aliphatic heterocycles. The van der Waals surface area contributed by atoms with Crippen LogP contribution in [0.5, 0.6) is 0 Å². The van der Waals surface area contributed by atoms with Gasteiger partial charge in [0.2, 0.25) is 0 Å². The standard InChI is InChI=1S/C25H27FN6O2/c1-28-15-19(13-27)18-10-16(11-20(26)12-18)14-30-25(34)22-23-21(6-7-29-22)31-24(32(23)8-9-33)17-4-2-3-5-17/h6-7,9-13,15,17H,2-5,8,14,27H2,1H3,(H,30,34). The molecule has 4 rings (SSSR count). The Kier molecular flexibility index (Phi) is 7.10. The smallest absolute Gasteiger partial charge is 0.272 e. The molecule has 2 heterocycles. The van der Waals surface area contributed by atoms with Gasteiger partial charge in [-0.3, -0.25) is 9.79 Å². The molecule has 1 amide bonds. The van der Waals surface area contributed by atoms with E-state index in [9.17, 15) is 14.0 Å². The van der Waals surface area contributed by atoms with Gasteiger partial charge < -0.3 is 20.4 Å². The van der Waals surface area contributed by atoms with Crippen molar-refractivity contribution < 1.29 is 14.0 Å². The summed E-state index contributed by atoms with van der Waals surface area (Å²) in [5.41, 5.74) is 8.69. The lowest BCUT2D eigenvalue weighted by atomic mass is 10.0. The van der Waals surface area contributed by atoms with E-state index in [1.807, 2.05) is 4.57 Å². The molecule has 1 aromatic carbocycles. The number of carbonyl (C=O) groups excluding carboxylic acids is 2. The summed E-state index contributed by atoms with van der Waals surface area (Å²) in [6.45, 7) is 0.189. The molecule has 2 aromatic heterocycles. The van der Waals surface area contributed by atoms with Crippen LogP contribution in [-0.4, -0.2) is 40.0 Å². The number of nitrogens with zero attached hydrogens (tertiary/aromatic N) is 4. The molecule has 0 atom stereocenters. The van der Waals surface area contributed by atoms with Crippen LogP contribution < -0.4 is 11.1 Å². The summed E-state index contributed by atoms with van der Waals surface area (Å²) in [4.78, 5) is 37.5. The number of benzene rings is 1. The number of allylic oxidation sites excluding steroid dienone is 1. The van der Waals surface area contributed by atoms with Crippen LogP contribution in [-0.2, 0) is 17.9 Å². The van der Waals surface area contributed by atoms with Gasteiger partial charge in [-0.25, -0.2) is 14.4 Å². The topological polar surface area (TPSA) is 115 Å². The highest BCUT2D eigenvalue weighted by molar-refractivity contribution is 6.09. The second kappa shape index (κ2) is 10.4. The number of halogens is 1. The fraction of sp³-hybridized carbons (Fsp3) is 0.320. The van der Waals surface area contributed by atoms with Crippen LogP contribution in [0.25, 0.3) is 16.6 Å². The summed E-state index contributed by atoms with van der Waals surface area (Å²) < 4.78 is 16.0. The summed E-state index contributed by atoms with van der Waals surface area (Å²) in [7, 11) is 1.60. The van der Waals surface area contributed by atoms with E-state index in [0.717, 1.165) is 37.8 Å². The lowest BCUT2D eigenvalue weighted by Crippen LogP contribution is -2.25. The van der Waals surface area contributed by atoms with Gasteiger partial charge >= 0.3 is 0 Å². The SMILES string of the molecule is CN=CC(=CN)c1cc(F)cc(CNC(=O)c2nccc3nc(C4CCCC4)n(CC=O)c23)c1. The first kappa shape index (κ1) is 23.3. The Hall–Kier alpha value is -3.88. The summed E-state index contributed by atoms with van der Waals surface area (Å²) in [5, 5.41) is 2.82. The van der Waals surface area contributed by atoms with Crippen molar-refractivity contribution in [2.24, 2.45) is 10.7 Å². The van der Waals surface area contributed by atoms with Crippen molar-refractivity contribution >= 4 is 35.0 Å². The van der Waals surface area contributed by atoms with Crippen LogP contribution >= 0.6 is 0 Å². The molecule has 0 spiro atoms. The zero-order chi connectivity index (χ0) is 24.1. The zero-order valence-corrected chi connectivity index (χ0v) is 19.0. The van der Waals surface area contributed by atoms with Gasteiger partial charge in [0.15, 0.2) is 5.69 Å². The number of nitrogens with two attached hydrogens (primary N) is 1. The van der Waals surface area contributed by atoms with Gasteiger partial charge in [0, 0.05) is 43.7 Å². The number of fused-ring (bicyclic) bond motifs is 1. The van der Waals surface area contributed by atoms with Gasteiger partial charge in [-0.15, -0.1) is 0 Å². The normalized spacial score (nSPS) is 14.8. The first-order valence-corrected chi connectivity index (χ1v) is 11.3. The van der Waals surface area contributed by atoms with Crippen molar-refractivity contribution in [3.8, 4) is 0 Å². The van der Waals surface area contributed by atoms with Crippen LogP contribution in [0.4, 0.5) is 4.39 Å². The van der Waals surface area contributed by atoms with Crippen molar-refractivity contribution in [3.05, 3.63) is 65.1 Å². The number of aromatic nitrogens is 3. The highest BCUT2D eigenvalue weighted by Crippen LogP contribution is 2.35. The monoisotopic (exact) mass is 462 g/mol. The van der Waals surface area contributed by atoms with E-state index in [4.69, 9.17) is 10.7 Å². The molecule has 0 bridgehead atoms. The third kappa shape index (κ3) is 4.73. The molecule has 8 nitrogen and oxygen atoms in total. The van der Waals surface area contributed by atoms with Gasteiger partial charge in [-0.05, 0) is 48.2 Å². The average molecular weight is 463 g/mol. The molecule has 3 N–H and O–H groups in total. The van der Waals surface area contributed by atoms with E-state index in [0.29, 0.717) is 27.7 Å². The molecule has 176 valence electrons. The van der Waals surface area contributed by atoms with Gasteiger partial charge in [0.1, 0.15) is 23.4 Å². The number of carbonyl (C=O) groups is 2. The predicted molar refractivity (Wildman–Crippen MR) is 129 cm³/mol. The first-order valence-electron chi connectivity index (χ1n) is 11.3. The average Bonchev–Trinajstić information content (AvgIpc) is 3.49. The molecule has 1 fully saturated rings. The molecule has 0 unspecified atom stereocenters. The summed E-state index contributed by atoms with van der Waals surface area (Å²) in [5.74, 6) is 0.225. The quantitative estimate of drug-likeness (QED) is 0.393. The highest BCUT2D eigenvalue weighted by atomic mass is 19.1. The van der Waals surface area contributed by atoms with Gasteiger partial charge in [0.25, 0.3) is 5.91 Å². The minimum Gasteiger partial charge on any atom is -0.404 e. The van der Waals surface area contributed by atoms with Crippen molar-refractivity contribution in [2.75, 3.05) is 7.05 Å². The van der Waals surface area contributed by atoms with E-state index in [-0.39, 0.29) is 24.7 Å². The molecule has 1 saturated carbocycles. The minimum atomic E-state index is -0.448. The van der Waals surface area contributed by atoms with E-state index in [2.05, 4.69) is 15.3 Å². The number of rotatable bonds is 8. The number of aliphatic imine (C=N–C) groups is 1. The van der Waals surface area contributed by atoms with Crippen LogP contribution in [0.3, 0.4) is 0 Å². The Morgan fingerprint density at radius 3 is 2.82 bits per heavy atom. The molecule has 3 aromatic rings. The van der Waals surface area contributed by atoms with Crippen molar-refractivity contribution in [1.82, 2.24) is 19.9 Å². The van der Waals surface area contributed by atoms with E-state index in [1.165, 1.54) is 30.7 Å². The summed E-state index contributed by atoms with van der Waals surface area (Å²) >= 11 is 0. The van der Waals surface area contributed by atoms with Gasteiger partial charge in [0.05, 0.1) is 12.1 Å². The molecule has 0 saturated heterocycles. The third-order valence-electron chi connectivity index (χ3n) is 6.07. The number of pyridine rings is 1. The lowest BCUT2D eigenvalue weighted by molar-refractivity contribution is -0.108. The van der Waals surface area contributed by atoms with Crippen LogP contribution in [0.15, 0.2) is 41.7 Å². The molecule has 1 aliphatic rings. The number of nitrogens with one attached hydrogen (secondary N) is 1. The van der Waals surface area contributed by atoms with Crippen molar-refractivity contribution in [1.29, 1.82) is 0 Å².